The van der Waals surface area contributed by atoms with Gasteiger partial charge in [0.2, 0.25) is 0 Å². The summed E-state index contributed by atoms with van der Waals surface area (Å²) in [5, 5.41) is 0. The van der Waals surface area contributed by atoms with Crippen molar-refractivity contribution in [2.75, 3.05) is 38.2 Å². The number of aryl methyl sites for hydroxylation is 2. The molecule has 0 spiro atoms. The highest BCUT2D eigenvalue weighted by Crippen LogP contribution is 2.28. The van der Waals surface area contributed by atoms with Gasteiger partial charge in [-0.2, -0.15) is 0 Å². The minimum absolute atomic E-state index is 0.0707. The van der Waals surface area contributed by atoms with Crippen LogP contribution in [0.4, 0.5) is 5.69 Å². The number of ether oxygens (including phenoxy) is 2. The minimum Gasteiger partial charge on any atom is -0.495 e. The van der Waals surface area contributed by atoms with E-state index in [0.717, 1.165) is 41.4 Å². The summed E-state index contributed by atoms with van der Waals surface area (Å²) in [6, 6.07) is 14.1. The number of rotatable bonds is 6. The summed E-state index contributed by atoms with van der Waals surface area (Å²) in [5.74, 6) is 1.71. The molecule has 3 rings (SSSR count). The molecule has 1 atom stereocenters. The molecule has 1 amide bonds. The number of carbonyl (C=O) groups is 1. The Morgan fingerprint density at radius 1 is 1.04 bits per heavy atom. The summed E-state index contributed by atoms with van der Waals surface area (Å²) < 4.78 is 11.5. The zero-order valence-electron chi connectivity index (χ0n) is 17.3. The maximum atomic E-state index is 13.0. The standard InChI is InChI=1S/C23H30N2O3/c1-5-21(28-19-15-17(2)14-18(3)16-19)23(26)25-12-10-24(11-13-25)20-8-6-7-9-22(20)27-4/h6-9,14-16,21H,5,10-13H2,1-4H3/t21-/m0/s1. The van der Waals surface area contributed by atoms with Crippen molar-refractivity contribution < 1.29 is 14.3 Å². The molecule has 0 aliphatic carbocycles. The molecule has 150 valence electrons. The van der Waals surface area contributed by atoms with Crippen molar-refractivity contribution in [2.45, 2.75) is 33.3 Å². The van der Waals surface area contributed by atoms with Crippen LogP contribution in [-0.2, 0) is 4.79 Å². The number of hydrogen-bond donors (Lipinski definition) is 0. The Labute approximate surface area is 167 Å². The number of amides is 1. The predicted molar refractivity (Wildman–Crippen MR) is 112 cm³/mol. The highest BCUT2D eigenvalue weighted by Gasteiger charge is 2.28. The number of anilines is 1. The molecular weight excluding hydrogens is 352 g/mol. The average molecular weight is 383 g/mol. The van der Waals surface area contributed by atoms with Crippen LogP contribution in [0.3, 0.4) is 0 Å². The first-order chi connectivity index (χ1) is 13.5. The third kappa shape index (κ3) is 4.58. The Morgan fingerprint density at radius 2 is 1.68 bits per heavy atom. The number of para-hydroxylation sites is 2. The second-order valence-electron chi connectivity index (χ2n) is 7.32. The van der Waals surface area contributed by atoms with Crippen molar-refractivity contribution in [2.24, 2.45) is 0 Å². The molecule has 28 heavy (non-hydrogen) atoms. The van der Waals surface area contributed by atoms with Crippen LogP contribution in [0.1, 0.15) is 24.5 Å². The van der Waals surface area contributed by atoms with Gasteiger partial charge in [0.1, 0.15) is 11.5 Å². The van der Waals surface area contributed by atoms with E-state index in [1.807, 2.05) is 56.0 Å². The molecular formula is C23H30N2O3. The van der Waals surface area contributed by atoms with E-state index in [1.54, 1.807) is 7.11 Å². The first-order valence-corrected chi connectivity index (χ1v) is 9.93. The van der Waals surface area contributed by atoms with Crippen LogP contribution in [0.15, 0.2) is 42.5 Å². The summed E-state index contributed by atoms with van der Waals surface area (Å²) in [7, 11) is 1.69. The van der Waals surface area contributed by atoms with Gasteiger partial charge >= 0.3 is 0 Å². The molecule has 2 aromatic carbocycles. The van der Waals surface area contributed by atoms with Crippen LogP contribution in [0.2, 0.25) is 0 Å². The van der Waals surface area contributed by atoms with Gasteiger partial charge in [-0.05, 0) is 55.7 Å². The molecule has 1 fully saturated rings. The molecule has 1 heterocycles. The highest BCUT2D eigenvalue weighted by atomic mass is 16.5. The number of nitrogens with zero attached hydrogens (tertiary/aromatic N) is 2. The number of hydrogen-bond acceptors (Lipinski definition) is 4. The number of benzene rings is 2. The maximum absolute atomic E-state index is 13.0. The van der Waals surface area contributed by atoms with Crippen molar-refractivity contribution in [1.29, 1.82) is 0 Å². The first kappa shape index (κ1) is 20.1. The SMILES string of the molecule is CC[C@H](Oc1cc(C)cc(C)c1)C(=O)N1CCN(c2ccccc2OC)CC1. The summed E-state index contributed by atoms with van der Waals surface area (Å²) in [5.41, 5.74) is 3.36. The van der Waals surface area contributed by atoms with Crippen molar-refractivity contribution >= 4 is 11.6 Å². The van der Waals surface area contributed by atoms with E-state index < -0.39 is 6.10 Å². The van der Waals surface area contributed by atoms with Crippen LogP contribution >= 0.6 is 0 Å². The Hall–Kier alpha value is -2.69. The van der Waals surface area contributed by atoms with Crippen molar-refractivity contribution in [3.63, 3.8) is 0 Å². The van der Waals surface area contributed by atoms with Crippen LogP contribution in [-0.4, -0.2) is 50.2 Å². The smallest absolute Gasteiger partial charge is 0.263 e. The highest BCUT2D eigenvalue weighted by molar-refractivity contribution is 5.81. The summed E-state index contributed by atoms with van der Waals surface area (Å²) in [6.07, 6.45) is 0.206. The molecule has 5 heteroatoms. The zero-order valence-corrected chi connectivity index (χ0v) is 17.3. The number of piperazine rings is 1. The molecule has 0 saturated carbocycles. The van der Waals surface area contributed by atoms with Crippen LogP contribution in [0.5, 0.6) is 11.5 Å². The molecule has 1 aliphatic rings. The number of carbonyl (C=O) groups excluding carboxylic acids is 1. The molecule has 0 N–H and O–H groups in total. The van der Waals surface area contributed by atoms with Crippen molar-refractivity contribution in [1.82, 2.24) is 4.90 Å². The van der Waals surface area contributed by atoms with E-state index in [1.165, 1.54) is 0 Å². The molecule has 0 unspecified atom stereocenters. The van der Waals surface area contributed by atoms with Gasteiger partial charge in [0.05, 0.1) is 12.8 Å². The zero-order chi connectivity index (χ0) is 20.1. The Kier molecular flexibility index (Phi) is 6.45. The topological polar surface area (TPSA) is 42.0 Å². The fourth-order valence-electron chi connectivity index (χ4n) is 3.74. The summed E-state index contributed by atoms with van der Waals surface area (Å²) in [6.45, 7) is 9.01. The predicted octanol–water partition coefficient (Wildman–Crippen LogP) is 3.82. The van der Waals surface area contributed by atoms with E-state index in [4.69, 9.17) is 9.47 Å². The molecule has 1 aliphatic heterocycles. The Bertz CT molecular complexity index is 793. The third-order valence-electron chi connectivity index (χ3n) is 5.14. The quantitative estimate of drug-likeness (QED) is 0.762. The second-order valence-corrected chi connectivity index (χ2v) is 7.32. The summed E-state index contributed by atoms with van der Waals surface area (Å²) >= 11 is 0. The number of methoxy groups -OCH3 is 1. The van der Waals surface area contributed by atoms with E-state index in [-0.39, 0.29) is 5.91 Å². The van der Waals surface area contributed by atoms with Crippen LogP contribution in [0, 0.1) is 13.8 Å². The lowest BCUT2D eigenvalue weighted by atomic mass is 10.1. The van der Waals surface area contributed by atoms with Gasteiger partial charge in [-0.3, -0.25) is 4.79 Å². The lowest BCUT2D eigenvalue weighted by Gasteiger charge is -2.37. The molecule has 5 nitrogen and oxygen atoms in total. The van der Waals surface area contributed by atoms with Crippen molar-refractivity contribution in [3.05, 3.63) is 53.6 Å². The Balaban J connectivity index is 1.63. The van der Waals surface area contributed by atoms with E-state index >= 15 is 0 Å². The monoisotopic (exact) mass is 382 g/mol. The average Bonchev–Trinajstić information content (AvgIpc) is 2.71. The molecule has 1 saturated heterocycles. The normalized spacial score (nSPS) is 15.3. The first-order valence-electron chi connectivity index (χ1n) is 9.93. The van der Waals surface area contributed by atoms with E-state index in [9.17, 15) is 4.79 Å². The van der Waals surface area contributed by atoms with Gasteiger partial charge in [0.15, 0.2) is 6.10 Å². The fraction of sp³-hybridized carbons (Fsp3) is 0.435. The molecule has 2 aromatic rings. The summed E-state index contributed by atoms with van der Waals surface area (Å²) in [4.78, 5) is 17.2. The van der Waals surface area contributed by atoms with Gasteiger partial charge in [0.25, 0.3) is 5.91 Å². The maximum Gasteiger partial charge on any atom is 0.263 e. The second kappa shape index (κ2) is 9.00. The van der Waals surface area contributed by atoms with Gasteiger partial charge in [-0.1, -0.05) is 25.1 Å². The molecule has 0 aromatic heterocycles. The lowest BCUT2D eigenvalue weighted by Crippen LogP contribution is -2.52. The van der Waals surface area contributed by atoms with Gasteiger partial charge in [-0.15, -0.1) is 0 Å². The van der Waals surface area contributed by atoms with Crippen LogP contribution in [0.25, 0.3) is 0 Å². The fourth-order valence-corrected chi connectivity index (χ4v) is 3.74. The molecule has 0 bridgehead atoms. The molecule has 0 radical (unpaired) electrons. The Morgan fingerprint density at radius 3 is 2.29 bits per heavy atom. The third-order valence-corrected chi connectivity index (χ3v) is 5.14. The lowest BCUT2D eigenvalue weighted by molar-refractivity contribution is -0.139. The van der Waals surface area contributed by atoms with E-state index in [2.05, 4.69) is 17.0 Å². The minimum atomic E-state index is -0.445. The van der Waals surface area contributed by atoms with Gasteiger partial charge in [-0.25, -0.2) is 0 Å². The van der Waals surface area contributed by atoms with Gasteiger partial charge in [0, 0.05) is 26.2 Å². The van der Waals surface area contributed by atoms with Crippen molar-refractivity contribution in [3.8, 4) is 11.5 Å². The van der Waals surface area contributed by atoms with Gasteiger partial charge < -0.3 is 19.3 Å². The van der Waals surface area contributed by atoms with E-state index in [0.29, 0.717) is 19.5 Å². The largest absolute Gasteiger partial charge is 0.495 e. The van der Waals surface area contributed by atoms with Crippen LogP contribution < -0.4 is 14.4 Å².